The number of para-hydroxylation sites is 1. The van der Waals surface area contributed by atoms with Gasteiger partial charge in [-0.25, -0.2) is 0 Å². The molecule has 0 fully saturated rings. The number of thioether (sulfide) groups is 1. The van der Waals surface area contributed by atoms with Gasteiger partial charge < -0.3 is 4.98 Å². The zero-order valence-corrected chi connectivity index (χ0v) is 20.0. The van der Waals surface area contributed by atoms with Gasteiger partial charge in [0.25, 0.3) is 0 Å². The molecule has 0 spiro atoms. The van der Waals surface area contributed by atoms with Crippen LogP contribution in [0.5, 0.6) is 0 Å². The van der Waals surface area contributed by atoms with E-state index >= 15 is 8.78 Å². The second-order valence-corrected chi connectivity index (χ2v) is 9.92. The van der Waals surface area contributed by atoms with Gasteiger partial charge >= 0.3 is 5.92 Å². The van der Waals surface area contributed by atoms with E-state index in [0.29, 0.717) is 4.91 Å². The van der Waals surface area contributed by atoms with E-state index in [1.165, 1.54) is 30.8 Å². The third-order valence-corrected chi connectivity index (χ3v) is 8.12. The summed E-state index contributed by atoms with van der Waals surface area (Å²) in [5.74, 6) is -4.10. The van der Waals surface area contributed by atoms with Crippen LogP contribution < -0.4 is 0 Å². The third kappa shape index (κ3) is 4.08. The van der Waals surface area contributed by atoms with Crippen LogP contribution in [0.4, 0.5) is 8.78 Å². The van der Waals surface area contributed by atoms with E-state index in [0.717, 1.165) is 40.6 Å². The van der Waals surface area contributed by atoms with Crippen LogP contribution in [0.15, 0.2) is 83.4 Å². The van der Waals surface area contributed by atoms with Gasteiger partial charge in [0.15, 0.2) is 0 Å². The molecule has 3 aromatic rings. The second-order valence-electron chi connectivity index (χ2n) is 8.81. The van der Waals surface area contributed by atoms with E-state index < -0.39 is 17.1 Å². The van der Waals surface area contributed by atoms with E-state index in [2.05, 4.69) is 11.9 Å². The summed E-state index contributed by atoms with van der Waals surface area (Å²) < 4.78 is 31.9. The van der Waals surface area contributed by atoms with Gasteiger partial charge in [0.2, 0.25) is 5.78 Å². The normalized spacial score (nSPS) is 21.1. The number of nitrogens with one attached hydrogen (secondary N) is 1. The number of fused-ring (bicyclic) bond motifs is 1. The Morgan fingerprint density at radius 2 is 1.82 bits per heavy atom. The number of rotatable bonds is 8. The first-order valence-electron chi connectivity index (χ1n) is 11.4. The number of hydrogen-bond donors (Lipinski definition) is 1. The first-order chi connectivity index (χ1) is 15.8. The Hall–Kier alpha value is -2.66. The fourth-order valence-corrected chi connectivity index (χ4v) is 6.07. The van der Waals surface area contributed by atoms with E-state index in [4.69, 9.17) is 0 Å². The number of benzene rings is 2. The predicted octanol–water partition coefficient (Wildman–Crippen LogP) is 8.15. The van der Waals surface area contributed by atoms with Crippen LogP contribution in [-0.4, -0.2) is 22.4 Å². The van der Waals surface area contributed by atoms with Crippen molar-refractivity contribution >= 4 is 28.4 Å². The summed E-state index contributed by atoms with van der Waals surface area (Å²) in [6, 6.07) is 15.9. The smallest absolute Gasteiger partial charge is 0.322 e. The molecule has 0 aliphatic heterocycles. The van der Waals surface area contributed by atoms with Crippen molar-refractivity contribution in [2.45, 2.75) is 45.5 Å². The van der Waals surface area contributed by atoms with Crippen molar-refractivity contribution in [1.82, 2.24) is 4.98 Å². The number of alkyl halides is 2. The lowest BCUT2D eigenvalue weighted by Gasteiger charge is -2.40. The number of carbonyl (C=O) groups is 1. The van der Waals surface area contributed by atoms with Crippen molar-refractivity contribution in [2.75, 3.05) is 5.75 Å². The minimum Gasteiger partial charge on any atom is -0.361 e. The number of Topliss-reactive ketones (excluding diaryl/α,β-unsaturated/α-hetero) is 1. The van der Waals surface area contributed by atoms with Crippen molar-refractivity contribution in [1.29, 1.82) is 0 Å². The number of H-pyrrole nitrogens is 1. The number of unbranched alkanes of at least 4 members (excludes halogenated alkanes) is 1. The highest BCUT2D eigenvalue weighted by Gasteiger charge is 2.58. The first kappa shape index (κ1) is 23.5. The molecular weight excluding hydrogens is 436 g/mol. The molecule has 0 radical (unpaired) electrons. The molecular formula is C28H29F2NOS. The molecule has 2 nitrogen and oxygen atoms in total. The highest BCUT2D eigenvalue weighted by molar-refractivity contribution is 8.03. The Morgan fingerprint density at radius 3 is 2.55 bits per heavy atom. The Bertz CT molecular complexity index is 1210. The van der Waals surface area contributed by atoms with Gasteiger partial charge in [-0.05, 0) is 37.7 Å². The Kier molecular flexibility index (Phi) is 6.62. The predicted molar refractivity (Wildman–Crippen MR) is 134 cm³/mol. The fourth-order valence-electron chi connectivity index (χ4n) is 4.58. The number of aromatic nitrogens is 1. The molecule has 33 heavy (non-hydrogen) atoms. The Morgan fingerprint density at radius 1 is 1.12 bits per heavy atom. The topological polar surface area (TPSA) is 32.9 Å². The summed E-state index contributed by atoms with van der Waals surface area (Å²) in [5, 5.41) is 1.08. The molecule has 0 saturated carbocycles. The quantitative estimate of drug-likeness (QED) is 0.207. The van der Waals surface area contributed by atoms with Crippen molar-refractivity contribution in [2.24, 2.45) is 5.41 Å². The summed E-state index contributed by atoms with van der Waals surface area (Å²) in [6.07, 6.45) is 7.30. The second kappa shape index (κ2) is 9.30. The fraction of sp³-hybridized carbons (Fsp3) is 0.321. The number of carbonyl (C=O) groups excluding carboxylic acids is 1. The summed E-state index contributed by atoms with van der Waals surface area (Å²) in [7, 11) is 0. The van der Waals surface area contributed by atoms with Crippen LogP contribution in [0.2, 0.25) is 0 Å². The summed E-state index contributed by atoms with van der Waals surface area (Å²) in [4.78, 5) is 16.9. The molecule has 0 amide bonds. The molecule has 1 aromatic heterocycles. The summed E-state index contributed by atoms with van der Waals surface area (Å²) in [6.45, 7) is 5.53. The van der Waals surface area contributed by atoms with Crippen LogP contribution in [0.1, 0.15) is 55.5 Å². The van der Waals surface area contributed by atoms with Crippen LogP contribution in [-0.2, 0) is 0 Å². The molecule has 172 valence electrons. The third-order valence-electron chi connectivity index (χ3n) is 6.59. The summed E-state index contributed by atoms with van der Waals surface area (Å²) in [5.41, 5.74) is 1.29. The van der Waals surface area contributed by atoms with E-state index in [9.17, 15) is 4.79 Å². The van der Waals surface area contributed by atoms with Crippen molar-refractivity contribution in [3.8, 4) is 0 Å². The highest BCUT2D eigenvalue weighted by Crippen LogP contribution is 2.55. The molecule has 1 N–H and O–H groups in total. The van der Waals surface area contributed by atoms with Crippen molar-refractivity contribution in [3.05, 3.63) is 94.6 Å². The maximum atomic E-state index is 16.0. The maximum Gasteiger partial charge on any atom is 0.322 e. The molecule has 0 bridgehead atoms. The van der Waals surface area contributed by atoms with Crippen LogP contribution in [0.25, 0.3) is 10.9 Å². The first-order valence-corrected chi connectivity index (χ1v) is 12.4. The molecule has 1 heterocycles. The van der Waals surface area contributed by atoms with E-state index in [-0.39, 0.29) is 11.5 Å². The minimum atomic E-state index is -3.58. The number of halogens is 2. The molecule has 2 aromatic carbocycles. The standard InChI is InChI=1S/C28H29F2NOS/c1-4-5-17-33-26-19(2)21(23-18-31-24-14-10-9-13-22(23)24)15-16-27(26,3)28(29,30)25(32)20-11-7-6-8-12-20/h6-16,18,21,31H,4-5,17H2,1-3H3/t21-,27-/m0/s1. The lowest BCUT2D eigenvalue weighted by atomic mass is 9.71. The number of aromatic amines is 1. The van der Waals surface area contributed by atoms with Crippen LogP contribution >= 0.6 is 11.8 Å². The van der Waals surface area contributed by atoms with Crippen LogP contribution in [0.3, 0.4) is 0 Å². The number of ketones is 1. The molecule has 0 saturated heterocycles. The highest BCUT2D eigenvalue weighted by atomic mass is 32.2. The van der Waals surface area contributed by atoms with Gasteiger partial charge in [0, 0.05) is 33.5 Å². The van der Waals surface area contributed by atoms with E-state index in [1.807, 2.05) is 43.5 Å². The SMILES string of the molecule is CCCCSC1=C(C)[C@@H](c2c[nH]c3ccccc23)C=C[C@]1(C)C(F)(F)C(=O)c1ccccc1. The number of hydrogen-bond acceptors (Lipinski definition) is 2. The maximum absolute atomic E-state index is 16.0. The van der Waals surface area contributed by atoms with Gasteiger partial charge in [-0.3, -0.25) is 4.79 Å². The van der Waals surface area contributed by atoms with Crippen molar-refractivity contribution < 1.29 is 13.6 Å². The molecule has 1 aliphatic rings. The molecule has 1 aliphatic carbocycles. The molecule has 0 unspecified atom stereocenters. The molecule has 4 rings (SSSR count). The van der Waals surface area contributed by atoms with Crippen molar-refractivity contribution in [3.63, 3.8) is 0 Å². The largest absolute Gasteiger partial charge is 0.361 e. The zero-order chi connectivity index (χ0) is 23.6. The minimum absolute atomic E-state index is 0.0337. The van der Waals surface area contributed by atoms with Crippen LogP contribution in [0, 0.1) is 5.41 Å². The van der Waals surface area contributed by atoms with Gasteiger partial charge in [-0.15, -0.1) is 11.8 Å². The zero-order valence-electron chi connectivity index (χ0n) is 19.2. The van der Waals surface area contributed by atoms with Gasteiger partial charge in [-0.1, -0.05) is 79.6 Å². The average molecular weight is 466 g/mol. The molecule has 5 heteroatoms. The summed E-state index contributed by atoms with van der Waals surface area (Å²) >= 11 is 1.47. The monoisotopic (exact) mass is 465 g/mol. The van der Waals surface area contributed by atoms with Gasteiger partial charge in [-0.2, -0.15) is 8.78 Å². The Balaban J connectivity index is 1.80. The van der Waals surface area contributed by atoms with Gasteiger partial charge in [0.05, 0.1) is 5.41 Å². The average Bonchev–Trinajstić information content (AvgIpc) is 3.25. The Labute approximate surface area is 198 Å². The van der Waals surface area contributed by atoms with Gasteiger partial charge in [0.1, 0.15) is 0 Å². The lowest BCUT2D eigenvalue weighted by Crippen LogP contribution is -2.46. The lowest BCUT2D eigenvalue weighted by molar-refractivity contribution is -0.0408. The molecule has 2 atom stereocenters. The van der Waals surface area contributed by atoms with E-state index in [1.54, 1.807) is 24.3 Å². The number of allylic oxidation sites excluding steroid dienone is 4.